The van der Waals surface area contributed by atoms with E-state index in [1.807, 2.05) is 75.4 Å². The molecule has 0 fully saturated rings. The molecular weight excluding hydrogens is 466 g/mol. The second kappa shape index (κ2) is 10.7. The first-order valence-electron chi connectivity index (χ1n) is 10.7. The molecule has 3 aromatic carbocycles. The number of carbonyl (C=O) groups is 2. The number of carbonyl (C=O) groups excluding carboxylic acids is 2. The number of hydrogen-bond acceptors (Lipinski definition) is 6. The maximum absolute atomic E-state index is 12.4. The van der Waals surface area contributed by atoms with Crippen molar-refractivity contribution in [2.75, 3.05) is 23.0 Å². The summed E-state index contributed by atoms with van der Waals surface area (Å²) < 4.78 is 7.30. The van der Waals surface area contributed by atoms with E-state index < -0.39 is 0 Å². The maximum Gasteiger partial charge on any atom is 0.262 e. The first-order chi connectivity index (χ1) is 16.3. The van der Waals surface area contributed by atoms with E-state index in [-0.39, 0.29) is 24.2 Å². The average molecular weight is 492 g/mol. The predicted octanol–water partition coefficient (Wildman–Crippen LogP) is 5.97. The molecule has 0 saturated carbocycles. The van der Waals surface area contributed by atoms with Crippen molar-refractivity contribution in [3.05, 3.63) is 77.4 Å². The van der Waals surface area contributed by atoms with Crippen LogP contribution in [-0.4, -0.2) is 29.2 Å². The van der Waals surface area contributed by atoms with Crippen LogP contribution in [0.5, 0.6) is 5.75 Å². The quantitative estimate of drug-likeness (QED) is 0.297. The number of thiazole rings is 1. The van der Waals surface area contributed by atoms with Crippen LogP contribution in [-0.2, 0) is 9.59 Å². The number of amides is 2. The van der Waals surface area contributed by atoms with Crippen LogP contribution in [0.1, 0.15) is 16.7 Å². The van der Waals surface area contributed by atoms with Crippen molar-refractivity contribution in [2.45, 2.75) is 25.1 Å². The molecule has 0 spiro atoms. The van der Waals surface area contributed by atoms with Crippen LogP contribution < -0.4 is 15.4 Å². The van der Waals surface area contributed by atoms with Crippen molar-refractivity contribution < 1.29 is 14.3 Å². The highest BCUT2D eigenvalue weighted by atomic mass is 32.2. The number of aromatic nitrogens is 1. The van der Waals surface area contributed by atoms with Gasteiger partial charge in [0.1, 0.15) is 5.75 Å². The Morgan fingerprint density at radius 3 is 2.41 bits per heavy atom. The Morgan fingerprint density at radius 1 is 0.882 bits per heavy atom. The third kappa shape index (κ3) is 6.59. The van der Waals surface area contributed by atoms with E-state index in [2.05, 4.69) is 21.7 Å². The lowest BCUT2D eigenvalue weighted by Gasteiger charge is -2.08. The van der Waals surface area contributed by atoms with E-state index >= 15 is 0 Å². The highest BCUT2D eigenvalue weighted by molar-refractivity contribution is 8.01. The summed E-state index contributed by atoms with van der Waals surface area (Å²) in [6.07, 6.45) is 0. The number of rotatable bonds is 8. The Bertz CT molecular complexity index is 1330. The number of aryl methyl sites for hydroxylation is 3. The summed E-state index contributed by atoms with van der Waals surface area (Å²) in [5.41, 5.74) is 5.61. The van der Waals surface area contributed by atoms with Crippen LogP contribution in [0.3, 0.4) is 0 Å². The van der Waals surface area contributed by atoms with Gasteiger partial charge in [0.2, 0.25) is 5.91 Å². The Labute approximate surface area is 206 Å². The van der Waals surface area contributed by atoms with Crippen LogP contribution in [0.15, 0.2) is 65.0 Å². The highest BCUT2D eigenvalue weighted by Gasteiger charge is 2.11. The lowest BCUT2D eigenvalue weighted by molar-refractivity contribution is -0.118. The number of ether oxygens (including phenoxy) is 1. The number of fused-ring (bicyclic) bond motifs is 1. The van der Waals surface area contributed by atoms with Crippen LogP contribution >= 0.6 is 23.1 Å². The number of benzene rings is 3. The van der Waals surface area contributed by atoms with Gasteiger partial charge in [-0.15, -0.1) is 11.3 Å². The van der Waals surface area contributed by atoms with E-state index in [0.29, 0.717) is 11.4 Å². The first-order valence-corrected chi connectivity index (χ1v) is 12.5. The number of thioether (sulfide) groups is 1. The van der Waals surface area contributed by atoms with Crippen LogP contribution in [0, 0.1) is 20.8 Å². The smallest absolute Gasteiger partial charge is 0.262 e. The number of hydrogen-bond donors (Lipinski definition) is 2. The summed E-state index contributed by atoms with van der Waals surface area (Å²) in [5, 5.41) is 5.80. The fraction of sp³-hybridized carbons (Fsp3) is 0.192. The first kappa shape index (κ1) is 23.8. The standard InChI is InChI=1S/C26H25N3O3S2/c1-16-5-4-6-21(12-16)32-14-24(30)27-19-7-8-22-23(13-19)34-26(29-22)33-15-25(31)28-20-10-17(2)9-18(3)11-20/h4-13H,14-15H2,1-3H3,(H,27,30)(H,28,31). The summed E-state index contributed by atoms with van der Waals surface area (Å²) in [6, 6.07) is 19.1. The van der Waals surface area contributed by atoms with E-state index in [1.54, 1.807) is 0 Å². The summed E-state index contributed by atoms with van der Waals surface area (Å²) >= 11 is 2.89. The lowest BCUT2D eigenvalue weighted by atomic mass is 10.1. The van der Waals surface area contributed by atoms with Crippen LogP contribution in [0.25, 0.3) is 10.2 Å². The van der Waals surface area contributed by atoms with Gasteiger partial charge < -0.3 is 15.4 Å². The van der Waals surface area contributed by atoms with E-state index in [1.165, 1.54) is 23.1 Å². The van der Waals surface area contributed by atoms with E-state index in [0.717, 1.165) is 36.9 Å². The third-order valence-electron chi connectivity index (χ3n) is 4.84. The molecule has 0 aliphatic rings. The molecule has 0 atom stereocenters. The monoisotopic (exact) mass is 491 g/mol. The molecule has 4 aromatic rings. The molecule has 2 N–H and O–H groups in total. The Hall–Kier alpha value is -3.36. The van der Waals surface area contributed by atoms with Gasteiger partial charge in [-0.3, -0.25) is 9.59 Å². The third-order valence-corrected chi connectivity index (χ3v) is 7.01. The van der Waals surface area contributed by atoms with E-state index in [4.69, 9.17) is 4.74 Å². The minimum atomic E-state index is -0.233. The van der Waals surface area contributed by atoms with Gasteiger partial charge in [0.15, 0.2) is 10.9 Å². The molecule has 0 saturated heterocycles. The van der Waals surface area contributed by atoms with Crippen molar-refractivity contribution in [2.24, 2.45) is 0 Å². The molecule has 2 amide bonds. The summed E-state index contributed by atoms with van der Waals surface area (Å²) in [4.78, 5) is 29.2. The molecule has 1 aromatic heterocycles. The SMILES string of the molecule is Cc1cc(C)cc(NC(=O)CSc2nc3ccc(NC(=O)COc4cccc(C)c4)cc3s2)c1. The topological polar surface area (TPSA) is 80.3 Å². The molecule has 6 nitrogen and oxygen atoms in total. The molecule has 4 rings (SSSR count). The van der Waals surface area contributed by atoms with Gasteiger partial charge in [0, 0.05) is 11.4 Å². The van der Waals surface area contributed by atoms with Gasteiger partial charge in [-0.25, -0.2) is 4.98 Å². The average Bonchev–Trinajstić information content (AvgIpc) is 3.18. The fourth-order valence-corrected chi connectivity index (χ4v) is 5.37. The molecular formula is C26H25N3O3S2. The van der Waals surface area contributed by atoms with Crippen LogP contribution in [0.4, 0.5) is 11.4 Å². The molecule has 8 heteroatoms. The predicted molar refractivity (Wildman–Crippen MR) is 140 cm³/mol. The van der Waals surface area contributed by atoms with Gasteiger partial charge >= 0.3 is 0 Å². The van der Waals surface area contributed by atoms with Gasteiger partial charge in [0.25, 0.3) is 5.91 Å². The molecule has 174 valence electrons. The second-order valence-electron chi connectivity index (χ2n) is 8.03. The minimum Gasteiger partial charge on any atom is -0.484 e. The van der Waals surface area contributed by atoms with Crippen LogP contribution in [0.2, 0.25) is 0 Å². The Morgan fingerprint density at radius 2 is 1.65 bits per heavy atom. The van der Waals surface area contributed by atoms with Gasteiger partial charge in [-0.2, -0.15) is 0 Å². The number of anilines is 2. The molecule has 1 heterocycles. The summed E-state index contributed by atoms with van der Waals surface area (Å²) in [7, 11) is 0. The molecule has 34 heavy (non-hydrogen) atoms. The Balaban J connectivity index is 1.31. The molecule has 0 radical (unpaired) electrons. The normalized spacial score (nSPS) is 10.8. The van der Waals surface area contributed by atoms with Gasteiger partial charge in [-0.1, -0.05) is 30.0 Å². The number of nitrogens with one attached hydrogen (secondary N) is 2. The van der Waals surface area contributed by atoms with E-state index in [9.17, 15) is 9.59 Å². The van der Waals surface area contributed by atoms with Crippen molar-refractivity contribution in [3.8, 4) is 5.75 Å². The molecule has 0 unspecified atom stereocenters. The lowest BCUT2D eigenvalue weighted by Crippen LogP contribution is -2.20. The van der Waals surface area contributed by atoms with Crippen molar-refractivity contribution in [3.63, 3.8) is 0 Å². The summed E-state index contributed by atoms with van der Waals surface area (Å²) in [6.45, 7) is 5.92. The molecule has 0 aliphatic heterocycles. The summed E-state index contributed by atoms with van der Waals surface area (Å²) in [5.74, 6) is 0.627. The number of nitrogens with zero attached hydrogens (tertiary/aromatic N) is 1. The largest absolute Gasteiger partial charge is 0.484 e. The van der Waals surface area contributed by atoms with Gasteiger partial charge in [-0.05, 0) is 79.9 Å². The fourth-order valence-electron chi connectivity index (χ4n) is 3.47. The van der Waals surface area contributed by atoms with Crippen molar-refractivity contribution in [1.82, 2.24) is 4.98 Å². The van der Waals surface area contributed by atoms with Gasteiger partial charge in [0.05, 0.1) is 16.0 Å². The van der Waals surface area contributed by atoms with Crippen molar-refractivity contribution in [1.29, 1.82) is 0 Å². The Kier molecular flexibility index (Phi) is 7.49. The molecule has 0 bridgehead atoms. The second-order valence-corrected chi connectivity index (χ2v) is 10.3. The zero-order valence-corrected chi connectivity index (χ0v) is 20.8. The zero-order valence-electron chi connectivity index (χ0n) is 19.2. The minimum absolute atomic E-state index is 0.0686. The molecule has 0 aliphatic carbocycles. The maximum atomic E-state index is 12.4. The van der Waals surface area contributed by atoms with Crippen molar-refractivity contribution >= 4 is 56.5 Å². The zero-order chi connectivity index (χ0) is 24.1. The highest BCUT2D eigenvalue weighted by Crippen LogP contribution is 2.31.